The van der Waals surface area contributed by atoms with Crippen LogP contribution >= 0.6 is 0 Å². The Morgan fingerprint density at radius 1 is 0.333 bits per heavy atom. The predicted octanol–water partition coefficient (Wildman–Crippen LogP) is 12.1. The predicted molar refractivity (Wildman–Crippen MR) is 211 cm³/mol. The van der Waals surface area contributed by atoms with Crippen LogP contribution in [0.25, 0.3) is 67.5 Å². The molecule has 0 bridgehead atoms. The summed E-state index contributed by atoms with van der Waals surface area (Å²) in [5.41, 5.74) is 16.3. The third-order valence-electron chi connectivity index (χ3n) is 12.1. The van der Waals surface area contributed by atoms with Crippen molar-refractivity contribution in [3.05, 3.63) is 162 Å². The minimum atomic E-state index is -0.155. The molecule has 0 N–H and O–H groups in total. The van der Waals surface area contributed by atoms with Crippen LogP contribution in [0.1, 0.15) is 63.8 Å². The molecule has 0 unspecified atom stereocenters. The fraction of sp³-hybridized carbons (Fsp3) is 0.188. The Morgan fingerprint density at radius 2 is 0.765 bits per heavy atom. The summed E-state index contributed by atoms with van der Waals surface area (Å²) in [5, 5.41) is 0. The molecule has 2 aliphatic rings. The summed E-state index contributed by atoms with van der Waals surface area (Å²) >= 11 is 0. The highest BCUT2D eigenvalue weighted by atomic mass is 15.0. The number of benzene rings is 6. The molecular formula is C48H41N3. The fourth-order valence-corrected chi connectivity index (χ4v) is 8.62. The summed E-state index contributed by atoms with van der Waals surface area (Å²) in [6, 6.07) is 49.8. The maximum absolute atomic E-state index is 4.94. The van der Waals surface area contributed by atoms with Gasteiger partial charge in [-0.15, -0.1) is 0 Å². The normalized spacial score (nSPS) is 15.7. The minimum Gasteiger partial charge on any atom is -0.208 e. The number of fused-ring (bicyclic) bond motifs is 7. The SMILES string of the molecule is CC1(C)c2cc(-c3ccc(-c4nc(-c5ccccc5)nc(-c5ccccc5)n4)cc3)ccc2-c2ccc3c(c21)C(C)(C)C(C)(C)c1ccccc1-3. The van der Waals surface area contributed by atoms with Crippen LogP contribution in [0.2, 0.25) is 0 Å². The standard InChI is InChI=1S/C48H41N3/c1-46(2)40-29-34(25-26-36(40)37-27-28-38-35-19-13-14-20-39(35)47(3,4)48(5,6)42(38)41(37)46)30-21-23-33(24-22-30)45-50-43(31-15-9-7-10-16-31)49-44(51-45)32-17-11-8-12-18-32/h7-29H,1-6H3. The molecule has 51 heavy (non-hydrogen) atoms. The molecule has 1 aromatic heterocycles. The minimum absolute atomic E-state index is 0.0221. The second-order valence-corrected chi connectivity index (χ2v) is 15.7. The lowest BCUT2D eigenvalue weighted by Crippen LogP contribution is -2.45. The maximum Gasteiger partial charge on any atom is 0.164 e. The first-order valence-electron chi connectivity index (χ1n) is 18.0. The highest BCUT2D eigenvalue weighted by molar-refractivity contribution is 5.90. The van der Waals surface area contributed by atoms with Gasteiger partial charge in [0.05, 0.1) is 0 Å². The lowest BCUT2D eigenvalue weighted by Gasteiger charge is -2.50. The summed E-state index contributed by atoms with van der Waals surface area (Å²) in [5.74, 6) is 2.00. The van der Waals surface area contributed by atoms with Gasteiger partial charge in [0.2, 0.25) is 0 Å². The van der Waals surface area contributed by atoms with E-state index in [0.29, 0.717) is 17.5 Å². The van der Waals surface area contributed by atoms with Gasteiger partial charge in [0.25, 0.3) is 0 Å². The molecule has 0 spiro atoms. The third kappa shape index (κ3) is 4.68. The second-order valence-electron chi connectivity index (χ2n) is 15.7. The van der Waals surface area contributed by atoms with Gasteiger partial charge in [0, 0.05) is 22.1 Å². The molecule has 0 amide bonds. The van der Waals surface area contributed by atoms with Crippen LogP contribution < -0.4 is 0 Å². The van der Waals surface area contributed by atoms with Crippen LogP contribution in [-0.4, -0.2) is 15.0 Å². The number of hydrogen-bond acceptors (Lipinski definition) is 3. The zero-order valence-corrected chi connectivity index (χ0v) is 30.1. The van der Waals surface area contributed by atoms with Gasteiger partial charge in [-0.25, -0.2) is 15.0 Å². The van der Waals surface area contributed by atoms with Gasteiger partial charge in [-0.05, 0) is 72.5 Å². The van der Waals surface area contributed by atoms with Crippen molar-refractivity contribution >= 4 is 0 Å². The topological polar surface area (TPSA) is 38.7 Å². The van der Waals surface area contributed by atoms with Crippen LogP contribution in [0.5, 0.6) is 0 Å². The van der Waals surface area contributed by atoms with E-state index in [1.807, 2.05) is 60.7 Å². The molecule has 6 aromatic carbocycles. The van der Waals surface area contributed by atoms with E-state index in [0.717, 1.165) is 16.7 Å². The molecule has 3 nitrogen and oxygen atoms in total. The molecule has 0 saturated carbocycles. The highest BCUT2D eigenvalue weighted by Crippen LogP contribution is 2.61. The monoisotopic (exact) mass is 659 g/mol. The molecule has 1 heterocycles. The molecule has 0 radical (unpaired) electrons. The van der Waals surface area contributed by atoms with Gasteiger partial charge >= 0.3 is 0 Å². The zero-order valence-electron chi connectivity index (χ0n) is 30.1. The van der Waals surface area contributed by atoms with Crippen LogP contribution in [0.4, 0.5) is 0 Å². The molecule has 248 valence electrons. The van der Waals surface area contributed by atoms with E-state index < -0.39 is 0 Å². The van der Waals surface area contributed by atoms with Crippen molar-refractivity contribution in [2.75, 3.05) is 0 Å². The summed E-state index contributed by atoms with van der Waals surface area (Å²) in [7, 11) is 0. The quantitative estimate of drug-likeness (QED) is 0.189. The lowest BCUT2D eigenvalue weighted by atomic mass is 9.53. The van der Waals surface area contributed by atoms with Crippen molar-refractivity contribution < 1.29 is 0 Å². The Labute approximate surface area is 301 Å². The van der Waals surface area contributed by atoms with E-state index in [9.17, 15) is 0 Å². The summed E-state index contributed by atoms with van der Waals surface area (Å²) in [6.07, 6.45) is 0. The molecule has 3 heteroatoms. The Morgan fingerprint density at radius 3 is 1.35 bits per heavy atom. The van der Waals surface area contributed by atoms with Crippen molar-refractivity contribution in [2.24, 2.45) is 0 Å². The molecule has 0 fully saturated rings. The van der Waals surface area contributed by atoms with E-state index in [4.69, 9.17) is 15.0 Å². The van der Waals surface area contributed by atoms with Gasteiger partial charge in [0.15, 0.2) is 17.5 Å². The van der Waals surface area contributed by atoms with E-state index in [1.165, 1.54) is 55.6 Å². The van der Waals surface area contributed by atoms with Gasteiger partial charge < -0.3 is 0 Å². The Hall–Kier alpha value is -5.67. The zero-order chi connectivity index (χ0) is 35.1. The van der Waals surface area contributed by atoms with E-state index in [-0.39, 0.29) is 16.2 Å². The third-order valence-corrected chi connectivity index (χ3v) is 12.1. The first-order valence-corrected chi connectivity index (χ1v) is 18.0. The molecule has 7 aromatic rings. The van der Waals surface area contributed by atoms with Gasteiger partial charge in [-0.1, -0.05) is 175 Å². The fourth-order valence-electron chi connectivity index (χ4n) is 8.62. The van der Waals surface area contributed by atoms with Crippen molar-refractivity contribution in [2.45, 2.75) is 57.8 Å². The highest BCUT2D eigenvalue weighted by Gasteiger charge is 2.50. The van der Waals surface area contributed by atoms with E-state index in [1.54, 1.807) is 0 Å². The smallest absolute Gasteiger partial charge is 0.164 e. The van der Waals surface area contributed by atoms with Crippen LogP contribution in [-0.2, 0) is 16.2 Å². The summed E-state index contributed by atoms with van der Waals surface area (Å²) in [4.78, 5) is 14.7. The van der Waals surface area contributed by atoms with Gasteiger partial charge in [-0.3, -0.25) is 0 Å². The second kappa shape index (κ2) is 11.2. The van der Waals surface area contributed by atoms with Crippen LogP contribution in [0.15, 0.2) is 140 Å². The van der Waals surface area contributed by atoms with Gasteiger partial charge in [0.1, 0.15) is 0 Å². The largest absolute Gasteiger partial charge is 0.208 e. The molecule has 0 aliphatic heterocycles. The molecule has 0 atom stereocenters. The summed E-state index contributed by atoms with van der Waals surface area (Å²) in [6.45, 7) is 14.6. The molecule has 9 rings (SSSR count). The molecule has 0 saturated heterocycles. The van der Waals surface area contributed by atoms with Crippen molar-refractivity contribution in [1.82, 2.24) is 15.0 Å². The molecule has 2 aliphatic carbocycles. The average Bonchev–Trinajstić information content (AvgIpc) is 3.40. The van der Waals surface area contributed by atoms with Crippen molar-refractivity contribution in [3.8, 4) is 67.5 Å². The Kier molecular flexibility index (Phi) is 6.86. The average molecular weight is 660 g/mol. The van der Waals surface area contributed by atoms with Crippen LogP contribution in [0.3, 0.4) is 0 Å². The van der Waals surface area contributed by atoms with E-state index in [2.05, 4.69) is 120 Å². The van der Waals surface area contributed by atoms with Gasteiger partial charge in [-0.2, -0.15) is 0 Å². The molecular weight excluding hydrogens is 619 g/mol. The number of nitrogens with zero attached hydrogens (tertiary/aromatic N) is 3. The lowest BCUT2D eigenvalue weighted by molar-refractivity contribution is 0.295. The Bertz CT molecular complexity index is 2410. The summed E-state index contributed by atoms with van der Waals surface area (Å²) < 4.78 is 0. The van der Waals surface area contributed by atoms with Crippen molar-refractivity contribution in [1.29, 1.82) is 0 Å². The first kappa shape index (κ1) is 31.3. The first-order chi connectivity index (χ1) is 24.6. The number of rotatable bonds is 4. The Balaban J connectivity index is 1.11. The number of aromatic nitrogens is 3. The maximum atomic E-state index is 4.94. The van der Waals surface area contributed by atoms with Crippen molar-refractivity contribution in [3.63, 3.8) is 0 Å². The number of hydrogen-bond donors (Lipinski definition) is 0. The van der Waals surface area contributed by atoms with Crippen LogP contribution in [0, 0.1) is 0 Å². The van der Waals surface area contributed by atoms with E-state index >= 15 is 0 Å².